The topological polar surface area (TPSA) is 71.0 Å². The number of pyridine rings is 1. The van der Waals surface area contributed by atoms with Crippen LogP contribution in [0.25, 0.3) is 0 Å². The van der Waals surface area contributed by atoms with Gasteiger partial charge in [0.2, 0.25) is 0 Å². The first-order chi connectivity index (χ1) is 14.1. The lowest BCUT2D eigenvalue weighted by atomic mass is 10.1. The Kier molecular flexibility index (Phi) is 9.08. The van der Waals surface area contributed by atoms with Gasteiger partial charge in [-0.2, -0.15) is 0 Å². The first kappa shape index (κ1) is 22.3. The molecule has 0 spiro atoms. The third kappa shape index (κ3) is 7.18. The lowest BCUT2D eigenvalue weighted by Crippen LogP contribution is -2.38. The molecule has 0 aliphatic heterocycles. The van der Waals surface area contributed by atoms with Gasteiger partial charge in [-0.3, -0.25) is 4.99 Å². The first-order valence-corrected chi connectivity index (χ1v) is 10.0. The number of benzene rings is 1. The summed E-state index contributed by atoms with van der Waals surface area (Å²) in [5.74, 6) is 3.27. The van der Waals surface area contributed by atoms with Gasteiger partial charge in [-0.05, 0) is 50.1 Å². The Morgan fingerprint density at radius 3 is 2.48 bits per heavy atom. The molecule has 0 saturated heterocycles. The van der Waals surface area contributed by atoms with Crippen LogP contribution in [0.3, 0.4) is 0 Å². The second kappa shape index (κ2) is 11.8. The van der Waals surface area contributed by atoms with Gasteiger partial charge in [-0.15, -0.1) is 0 Å². The molecule has 0 radical (unpaired) electrons. The Morgan fingerprint density at radius 1 is 1.03 bits per heavy atom. The SMILES string of the molecule is CCOc1ccc(CCNC(=NC)NCc2cccc(N(C)C)n2)cc1OCC. The highest BCUT2D eigenvalue weighted by Gasteiger charge is 2.07. The molecule has 0 bridgehead atoms. The van der Waals surface area contributed by atoms with E-state index in [9.17, 15) is 0 Å². The predicted octanol–water partition coefficient (Wildman–Crippen LogP) is 2.85. The number of nitrogens with one attached hydrogen (secondary N) is 2. The summed E-state index contributed by atoms with van der Waals surface area (Å²) < 4.78 is 11.3. The standard InChI is InChI=1S/C22H33N5O2/c1-6-28-19-12-11-17(15-20(19)29-7-2)13-14-24-22(23-3)25-16-18-9-8-10-21(26-18)27(4)5/h8-12,15H,6-7,13-14,16H2,1-5H3,(H2,23,24,25). The Morgan fingerprint density at radius 2 is 1.79 bits per heavy atom. The van der Waals surface area contributed by atoms with Crippen molar-refractivity contribution in [3.05, 3.63) is 47.7 Å². The van der Waals surface area contributed by atoms with Crippen LogP contribution in [0.1, 0.15) is 25.1 Å². The number of hydrogen-bond donors (Lipinski definition) is 2. The van der Waals surface area contributed by atoms with Crippen LogP contribution >= 0.6 is 0 Å². The number of anilines is 1. The molecule has 1 heterocycles. The molecule has 158 valence electrons. The van der Waals surface area contributed by atoms with Crippen molar-refractivity contribution in [2.45, 2.75) is 26.8 Å². The summed E-state index contributed by atoms with van der Waals surface area (Å²) in [4.78, 5) is 10.9. The monoisotopic (exact) mass is 399 g/mol. The summed E-state index contributed by atoms with van der Waals surface area (Å²) in [6.07, 6.45) is 0.849. The number of ether oxygens (including phenoxy) is 2. The summed E-state index contributed by atoms with van der Waals surface area (Å²) in [6, 6.07) is 12.1. The number of hydrogen-bond acceptors (Lipinski definition) is 5. The van der Waals surface area contributed by atoms with Crippen LogP contribution in [-0.2, 0) is 13.0 Å². The van der Waals surface area contributed by atoms with Gasteiger partial charge in [0, 0.05) is 27.7 Å². The molecule has 1 aromatic heterocycles. The highest BCUT2D eigenvalue weighted by molar-refractivity contribution is 5.79. The second-order valence-electron chi connectivity index (χ2n) is 6.63. The van der Waals surface area contributed by atoms with Crippen LogP contribution in [0.5, 0.6) is 11.5 Å². The van der Waals surface area contributed by atoms with E-state index in [2.05, 4.69) is 26.7 Å². The number of nitrogens with zero attached hydrogens (tertiary/aromatic N) is 3. The zero-order valence-corrected chi connectivity index (χ0v) is 18.2. The molecule has 7 nitrogen and oxygen atoms in total. The number of guanidine groups is 1. The average molecular weight is 400 g/mol. The first-order valence-electron chi connectivity index (χ1n) is 10.0. The van der Waals surface area contributed by atoms with Crippen molar-refractivity contribution in [1.82, 2.24) is 15.6 Å². The van der Waals surface area contributed by atoms with Gasteiger partial charge in [0.25, 0.3) is 0 Å². The van der Waals surface area contributed by atoms with Crippen LogP contribution in [0.15, 0.2) is 41.4 Å². The number of aromatic nitrogens is 1. The number of rotatable bonds is 10. The van der Waals surface area contributed by atoms with E-state index in [0.29, 0.717) is 19.8 Å². The Bertz CT molecular complexity index is 793. The largest absolute Gasteiger partial charge is 0.490 e. The molecule has 0 aliphatic carbocycles. The molecule has 0 unspecified atom stereocenters. The molecule has 0 saturated carbocycles. The Balaban J connectivity index is 1.86. The lowest BCUT2D eigenvalue weighted by molar-refractivity contribution is 0.287. The van der Waals surface area contributed by atoms with Gasteiger partial charge < -0.3 is 25.0 Å². The van der Waals surface area contributed by atoms with Gasteiger partial charge in [-0.25, -0.2) is 4.98 Å². The molecule has 1 aromatic carbocycles. The smallest absolute Gasteiger partial charge is 0.191 e. The van der Waals surface area contributed by atoms with Crippen LogP contribution in [0.2, 0.25) is 0 Å². The minimum Gasteiger partial charge on any atom is -0.490 e. The van der Waals surface area contributed by atoms with E-state index in [0.717, 1.165) is 41.9 Å². The summed E-state index contributed by atoms with van der Waals surface area (Å²) in [5, 5.41) is 6.65. The molecule has 2 N–H and O–H groups in total. The normalized spacial score (nSPS) is 11.1. The van der Waals surface area contributed by atoms with Crippen molar-refractivity contribution >= 4 is 11.8 Å². The maximum Gasteiger partial charge on any atom is 0.191 e. The molecule has 0 amide bonds. The summed E-state index contributed by atoms with van der Waals surface area (Å²) in [6.45, 7) is 6.54. The van der Waals surface area contributed by atoms with Crippen LogP contribution < -0.4 is 25.0 Å². The van der Waals surface area contributed by atoms with Crippen molar-refractivity contribution < 1.29 is 9.47 Å². The molecular formula is C22H33N5O2. The summed E-state index contributed by atoms with van der Waals surface area (Å²) in [5.41, 5.74) is 2.15. The maximum absolute atomic E-state index is 5.70. The molecule has 0 aliphatic rings. The number of aliphatic imine (C=N–C) groups is 1. The fourth-order valence-corrected chi connectivity index (χ4v) is 2.79. The van der Waals surface area contributed by atoms with Gasteiger partial charge in [0.1, 0.15) is 5.82 Å². The van der Waals surface area contributed by atoms with Gasteiger partial charge in [0.05, 0.1) is 25.5 Å². The van der Waals surface area contributed by atoms with E-state index in [1.54, 1.807) is 7.05 Å². The van der Waals surface area contributed by atoms with Gasteiger partial charge in [0.15, 0.2) is 17.5 Å². The lowest BCUT2D eigenvalue weighted by Gasteiger charge is -2.15. The molecule has 0 fully saturated rings. The van der Waals surface area contributed by atoms with Crippen molar-refractivity contribution in [3.8, 4) is 11.5 Å². The minimum atomic E-state index is 0.610. The van der Waals surface area contributed by atoms with Crippen LogP contribution in [0.4, 0.5) is 5.82 Å². The second-order valence-corrected chi connectivity index (χ2v) is 6.63. The molecule has 29 heavy (non-hydrogen) atoms. The molecular weight excluding hydrogens is 366 g/mol. The van der Waals surface area contributed by atoms with Crippen molar-refractivity contribution in [3.63, 3.8) is 0 Å². The van der Waals surface area contributed by atoms with E-state index >= 15 is 0 Å². The van der Waals surface area contributed by atoms with Gasteiger partial charge >= 0.3 is 0 Å². The summed E-state index contributed by atoms with van der Waals surface area (Å²) in [7, 11) is 5.74. The molecule has 2 rings (SSSR count). The van der Waals surface area contributed by atoms with Crippen molar-refractivity contribution in [1.29, 1.82) is 0 Å². The zero-order valence-electron chi connectivity index (χ0n) is 18.2. The fourth-order valence-electron chi connectivity index (χ4n) is 2.79. The van der Waals surface area contributed by atoms with E-state index in [1.165, 1.54) is 5.56 Å². The predicted molar refractivity (Wildman–Crippen MR) is 119 cm³/mol. The molecule has 2 aromatic rings. The molecule has 0 atom stereocenters. The zero-order chi connectivity index (χ0) is 21.1. The minimum absolute atomic E-state index is 0.610. The van der Waals surface area contributed by atoms with Gasteiger partial charge in [-0.1, -0.05) is 12.1 Å². The van der Waals surface area contributed by atoms with Crippen LogP contribution in [-0.4, -0.2) is 51.8 Å². The third-order valence-corrected chi connectivity index (χ3v) is 4.22. The van der Waals surface area contributed by atoms with Crippen molar-refractivity contribution in [2.24, 2.45) is 4.99 Å². The highest BCUT2D eigenvalue weighted by atomic mass is 16.5. The Labute approximate surface area is 174 Å². The maximum atomic E-state index is 5.70. The third-order valence-electron chi connectivity index (χ3n) is 4.22. The van der Waals surface area contributed by atoms with E-state index < -0.39 is 0 Å². The van der Waals surface area contributed by atoms with E-state index in [4.69, 9.17) is 9.47 Å². The average Bonchev–Trinajstić information content (AvgIpc) is 2.72. The van der Waals surface area contributed by atoms with E-state index in [-0.39, 0.29) is 0 Å². The van der Waals surface area contributed by atoms with E-state index in [1.807, 2.05) is 63.2 Å². The fraction of sp³-hybridized carbons (Fsp3) is 0.455. The molecule has 7 heteroatoms. The summed E-state index contributed by atoms with van der Waals surface area (Å²) >= 11 is 0. The van der Waals surface area contributed by atoms with Crippen LogP contribution in [0, 0.1) is 0 Å². The van der Waals surface area contributed by atoms with Crippen molar-refractivity contribution in [2.75, 3.05) is 45.8 Å². The Hall–Kier alpha value is -2.96. The quantitative estimate of drug-likeness (QED) is 0.473. The highest BCUT2D eigenvalue weighted by Crippen LogP contribution is 2.28.